The van der Waals surface area contributed by atoms with Gasteiger partial charge in [-0.25, -0.2) is 8.42 Å². The Hall–Kier alpha value is -1.40. The normalized spacial score (nSPS) is 22.0. The summed E-state index contributed by atoms with van der Waals surface area (Å²) in [5.41, 5.74) is 7.75. The molecule has 0 aromatic heterocycles. The van der Waals surface area contributed by atoms with Crippen molar-refractivity contribution >= 4 is 21.6 Å². The average Bonchev–Trinajstić information content (AvgIpc) is 3.03. The molecule has 2 atom stereocenters. The Morgan fingerprint density at radius 3 is 2.54 bits per heavy atom. The standard InChI is InChI=1S/C18H21ClN2O2S/c1-13-7-8-16(19)9-18(13)24(22,23)21-11-15(10-20)17(12-21)14-5-3-2-4-6-14/h2-9,15,17H,10-12,20H2,1H3/t15-,17+/m1/s1. The zero-order valence-corrected chi connectivity index (χ0v) is 15.1. The molecule has 0 amide bonds. The van der Waals surface area contributed by atoms with Crippen molar-refractivity contribution in [1.82, 2.24) is 4.31 Å². The van der Waals surface area contributed by atoms with Crippen molar-refractivity contribution in [2.24, 2.45) is 11.7 Å². The first-order chi connectivity index (χ1) is 11.4. The van der Waals surface area contributed by atoms with Gasteiger partial charge in [-0.1, -0.05) is 48.0 Å². The summed E-state index contributed by atoms with van der Waals surface area (Å²) in [4.78, 5) is 0.277. The van der Waals surface area contributed by atoms with Gasteiger partial charge in [0.1, 0.15) is 0 Å². The van der Waals surface area contributed by atoms with Crippen LogP contribution in [0.2, 0.25) is 5.02 Å². The van der Waals surface area contributed by atoms with Crippen molar-refractivity contribution in [3.05, 3.63) is 64.7 Å². The van der Waals surface area contributed by atoms with E-state index in [4.69, 9.17) is 17.3 Å². The number of benzene rings is 2. The molecule has 2 aromatic rings. The summed E-state index contributed by atoms with van der Waals surface area (Å²) < 4.78 is 27.7. The number of rotatable bonds is 4. The molecule has 4 nitrogen and oxygen atoms in total. The van der Waals surface area contributed by atoms with Crippen molar-refractivity contribution in [2.45, 2.75) is 17.7 Å². The third kappa shape index (κ3) is 3.22. The second-order valence-corrected chi connectivity index (χ2v) is 8.59. The molecule has 1 aliphatic heterocycles. The van der Waals surface area contributed by atoms with Gasteiger partial charge < -0.3 is 5.73 Å². The van der Waals surface area contributed by atoms with Crippen LogP contribution in [0.4, 0.5) is 0 Å². The van der Waals surface area contributed by atoms with Crippen LogP contribution in [0.5, 0.6) is 0 Å². The summed E-state index contributed by atoms with van der Waals surface area (Å²) in [7, 11) is -3.58. The van der Waals surface area contributed by atoms with Gasteiger partial charge in [0.2, 0.25) is 10.0 Å². The van der Waals surface area contributed by atoms with E-state index < -0.39 is 10.0 Å². The molecule has 0 bridgehead atoms. The molecule has 2 N–H and O–H groups in total. The zero-order chi connectivity index (χ0) is 17.3. The van der Waals surface area contributed by atoms with Crippen LogP contribution in [0.15, 0.2) is 53.4 Å². The highest BCUT2D eigenvalue weighted by molar-refractivity contribution is 7.89. The summed E-state index contributed by atoms with van der Waals surface area (Å²) >= 11 is 6.01. The van der Waals surface area contributed by atoms with Gasteiger partial charge >= 0.3 is 0 Å². The van der Waals surface area contributed by atoms with E-state index in [0.717, 1.165) is 5.56 Å². The fourth-order valence-corrected chi connectivity index (χ4v) is 5.35. The van der Waals surface area contributed by atoms with Crippen LogP contribution in [0, 0.1) is 12.8 Å². The summed E-state index contributed by atoms with van der Waals surface area (Å²) in [6, 6.07) is 14.9. The van der Waals surface area contributed by atoms with Crippen molar-refractivity contribution in [3.63, 3.8) is 0 Å². The van der Waals surface area contributed by atoms with Crippen molar-refractivity contribution in [3.8, 4) is 0 Å². The van der Waals surface area contributed by atoms with E-state index in [1.165, 1.54) is 6.07 Å². The maximum Gasteiger partial charge on any atom is 0.243 e. The molecule has 0 aliphatic carbocycles. The van der Waals surface area contributed by atoms with Gasteiger partial charge in [-0.2, -0.15) is 4.31 Å². The van der Waals surface area contributed by atoms with Gasteiger partial charge in [0.15, 0.2) is 0 Å². The molecule has 0 unspecified atom stereocenters. The van der Waals surface area contributed by atoms with Crippen molar-refractivity contribution in [1.29, 1.82) is 0 Å². The van der Waals surface area contributed by atoms with Crippen LogP contribution < -0.4 is 5.73 Å². The average molecular weight is 365 g/mol. The van der Waals surface area contributed by atoms with Crippen molar-refractivity contribution in [2.75, 3.05) is 19.6 Å². The molecule has 0 spiro atoms. The molecule has 3 rings (SSSR count). The second-order valence-electron chi connectivity index (χ2n) is 6.24. The minimum Gasteiger partial charge on any atom is -0.330 e. The molecule has 6 heteroatoms. The minimum absolute atomic E-state index is 0.113. The van der Waals surface area contributed by atoms with Crippen molar-refractivity contribution < 1.29 is 8.42 Å². The Kier molecular flexibility index (Phi) is 4.97. The largest absolute Gasteiger partial charge is 0.330 e. The van der Waals surface area contributed by atoms with E-state index >= 15 is 0 Å². The van der Waals surface area contributed by atoms with Crippen LogP contribution in [0.1, 0.15) is 17.0 Å². The van der Waals surface area contributed by atoms with Crippen LogP contribution in [-0.2, 0) is 10.0 Å². The SMILES string of the molecule is Cc1ccc(Cl)cc1S(=O)(=O)N1C[C@@H](CN)[C@H](c2ccccc2)C1. The monoisotopic (exact) mass is 364 g/mol. The first-order valence-corrected chi connectivity index (χ1v) is 9.76. The minimum atomic E-state index is -3.58. The lowest BCUT2D eigenvalue weighted by molar-refractivity contribution is 0.458. The lowest BCUT2D eigenvalue weighted by Crippen LogP contribution is -2.30. The van der Waals surface area contributed by atoms with Crippen LogP contribution >= 0.6 is 11.6 Å². The Morgan fingerprint density at radius 2 is 1.88 bits per heavy atom. The molecule has 128 valence electrons. The number of sulfonamides is 1. The fourth-order valence-electron chi connectivity index (χ4n) is 3.34. The van der Waals surface area contributed by atoms with Gasteiger partial charge in [0.05, 0.1) is 4.90 Å². The fraction of sp³-hybridized carbons (Fsp3) is 0.333. The van der Waals surface area contributed by atoms with Crippen LogP contribution in [0.3, 0.4) is 0 Å². The first-order valence-electron chi connectivity index (χ1n) is 7.95. The molecule has 24 heavy (non-hydrogen) atoms. The smallest absolute Gasteiger partial charge is 0.243 e. The molecule has 0 saturated carbocycles. The Labute approximate surface area is 148 Å². The van der Waals surface area contributed by atoms with E-state index in [2.05, 4.69) is 0 Å². The topological polar surface area (TPSA) is 63.4 Å². The third-order valence-corrected chi connectivity index (χ3v) is 6.91. The van der Waals surface area contributed by atoms with Gasteiger partial charge in [0.25, 0.3) is 0 Å². The van der Waals surface area contributed by atoms with E-state index in [9.17, 15) is 8.42 Å². The Bertz CT molecular complexity index is 824. The molecule has 1 aliphatic rings. The molecule has 1 fully saturated rings. The second kappa shape index (κ2) is 6.84. The molecule has 2 aromatic carbocycles. The van der Waals surface area contributed by atoms with Crippen LogP contribution in [0.25, 0.3) is 0 Å². The lowest BCUT2D eigenvalue weighted by atomic mass is 9.89. The maximum atomic E-state index is 13.1. The number of hydrogen-bond acceptors (Lipinski definition) is 3. The molecular weight excluding hydrogens is 344 g/mol. The number of nitrogens with zero attached hydrogens (tertiary/aromatic N) is 1. The predicted molar refractivity (Wildman–Crippen MR) is 96.7 cm³/mol. The quantitative estimate of drug-likeness (QED) is 0.907. The maximum absolute atomic E-state index is 13.1. The van der Waals surface area contributed by atoms with E-state index in [0.29, 0.717) is 30.2 Å². The Balaban J connectivity index is 1.94. The van der Waals surface area contributed by atoms with E-state index in [1.807, 2.05) is 30.3 Å². The van der Waals surface area contributed by atoms with Gasteiger partial charge in [-0.15, -0.1) is 0 Å². The number of aryl methyl sites for hydroxylation is 1. The van der Waals surface area contributed by atoms with Gasteiger partial charge in [0, 0.05) is 24.0 Å². The lowest BCUT2D eigenvalue weighted by Gasteiger charge is -2.18. The van der Waals surface area contributed by atoms with E-state index in [1.54, 1.807) is 23.4 Å². The molecule has 1 heterocycles. The number of hydrogen-bond donors (Lipinski definition) is 1. The highest BCUT2D eigenvalue weighted by atomic mass is 35.5. The van der Waals surface area contributed by atoms with Crippen LogP contribution in [-0.4, -0.2) is 32.4 Å². The summed E-state index contributed by atoms with van der Waals surface area (Å²) in [6.07, 6.45) is 0. The predicted octanol–water partition coefficient (Wildman–Crippen LogP) is 3.01. The van der Waals surface area contributed by atoms with E-state index in [-0.39, 0.29) is 16.7 Å². The highest BCUT2D eigenvalue weighted by Gasteiger charge is 2.39. The van der Waals surface area contributed by atoms with Gasteiger partial charge in [-0.05, 0) is 42.6 Å². The molecular formula is C18H21ClN2O2S. The summed E-state index contributed by atoms with van der Waals surface area (Å²) in [5.74, 6) is 0.229. The third-order valence-electron chi connectivity index (χ3n) is 4.71. The highest BCUT2D eigenvalue weighted by Crippen LogP contribution is 2.36. The number of halogens is 1. The zero-order valence-electron chi connectivity index (χ0n) is 13.5. The number of nitrogens with two attached hydrogens (primary N) is 1. The summed E-state index contributed by atoms with van der Waals surface area (Å²) in [6.45, 7) is 3.12. The van der Waals surface area contributed by atoms with Gasteiger partial charge in [-0.3, -0.25) is 0 Å². The Morgan fingerprint density at radius 1 is 1.17 bits per heavy atom. The first kappa shape index (κ1) is 17.4. The summed E-state index contributed by atoms with van der Waals surface area (Å²) in [5, 5.41) is 0.424. The molecule has 0 radical (unpaired) electrons. The molecule has 1 saturated heterocycles.